The van der Waals surface area contributed by atoms with Crippen molar-refractivity contribution in [3.05, 3.63) is 53.7 Å². The summed E-state index contributed by atoms with van der Waals surface area (Å²) < 4.78 is 5.29. The van der Waals surface area contributed by atoms with E-state index in [2.05, 4.69) is 22.1 Å². The first-order valence-corrected chi connectivity index (χ1v) is 10.9. The van der Waals surface area contributed by atoms with Gasteiger partial charge in [-0.2, -0.15) is 0 Å². The van der Waals surface area contributed by atoms with Crippen molar-refractivity contribution in [2.75, 3.05) is 29.9 Å². The molecular formula is C24H30N3O4+. The van der Waals surface area contributed by atoms with Crippen molar-refractivity contribution in [2.45, 2.75) is 45.4 Å². The zero-order valence-electron chi connectivity index (χ0n) is 18.0. The minimum absolute atomic E-state index is 0.0325. The summed E-state index contributed by atoms with van der Waals surface area (Å²) in [6, 6.07) is 10.1. The average molecular weight is 425 g/mol. The number of hydrogen-bond donors (Lipinski definition) is 1. The van der Waals surface area contributed by atoms with E-state index in [1.54, 1.807) is 42.6 Å². The number of benzene rings is 1. The molecule has 0 radical (unpaired) electrons. The number of ketones is 1. The van der Waals surface area contributed by atoms with Gasteiger partial charge < -0.3 is 10.1 Å². The van der Waals surface area contributed by atoms with E-state index in [9.17, 15) is 14.4 Å². The van der Waals surface area contributed by atoms with Crippen LogP contribution >= 0.6 is 0 Å². The highest BCUT2D eigenvalue weighted by Crippen LogP contribution is 2.20. The molecule has 2 N–H and O–H groups in total. The number of aromatic nitrogens is 1. The Kier molecular flexibility index (Phi) is 8.15. The highest BCUT2D eigenvalue weighted by Gasteiger charge is 2.27. The standard InChI is InChI=1S/C24H29N3O4/c1-2-3-4-9-22(29)26-19-12-10-18(11-13-19)21(28)17-31-24(30)20-8-7-14-25-23(20)27-15-5-6-16-27/h7-8,10-14H,2-6,9,15-17H2,1H3,(H,26,29)/p+1. The van der Waals surface area contributed by atoms with Gasteiger partial charge in [0, 0.05) is 17.7 Å². The van der Waals surface area contributed by atoms with E-state index in [1.165, 1.54) is 0 Å². The molecule has 7 nitrogen and oxygen atoms in total. The number of hydrogen-bond acceptors (Lipinski definition) is 5. The lowest BCUT2D eigenvalue weighted by atomic mass is 10.1. The molecule has 1 fully saturated rings. The Morgan fingerprint density at radius 2 is 1.81 bits per heavy atom. The number of unbranched alkanes of at least 4 members (excludes halogenated alkanes) is 2. The van der Waals surface area contributed by atoms with Crippen molar-refractivity contribution in [3.63, 3.8) is 0 Å². The number of amides is 1. The number of Topliss-reactive ketones (excluding diaryl/α,β-unsaturated/α-hetero) is 1. The Labute approximate surface area is 182 Å². The van der Waals surface area contributed by atoms with E-state index < -0.39 is 5.97 Å². The summed E-state index contributed by atoms with van der Waals surface area (Å²) in [4.78, 5) is 42.2. The number of anilines is 2. The van der Waals surface area contributed by atoms with Gasteiger partial charge in [-0.3, -0.25) is 14.5 Å². The van der Waals surface area contributed by atoms with Gasteiger partial charge in [0.15, 0.2) is 12.4 Å². The van der Waals surface area contributed by atoms with Crippen LogP contribution in [0.2, 0.25) is 0 Å². The number of esters is 1. The molecule has 1 aliphatic rings. The Balaban J connectivity index is 1.53. The van der Waals surface area contributed by atoms with E-state index in [1.807, 2.05) is 0 Å². The molecule has 164 valence electrons. The molecule has 0 saturated carbocycles. The largest absolute Gasteiger partial charge is 0.453 e. The van der Waals surface area contributed by atoms with Crippen LogP contribution in [0.1, 0.15) is 66.2 Å². The molecule has 3 rings (SSSR count). The topological polar surface area (TPSA) is 89.8 Å². The molecule has 1 aliphatic heterocycles. The molecule has 31 heavy (non-hydrogen) atoms. The van der Waals surface area contributed by atoms with Gasteiger partial charge in [0.1, 0.15) is 5.56 Å². The van der Waals surface area contributed by atoms with Crippen molar-refractivity contribution in [1.29, 1.82) is 0 Å². The summed E-state index contributed by atoms with van der Waals surface area (Å²) in [6.45, 7) is 3.54. The molecule has 0 unspecified atom stereocenters. The third kappa shape index (κ3) is 6.38. The molecule has 1 aromatic heterocycles. The fourth-order valence-corrected chi connectivity index (χ4v) is 3.59. The van der Waals surface area contributed by atoms with Crippen molar-refractivity contribution in [1.82, 2.24) is 0 Å². The van der Waals surface area contributed by atoms with Crippen molar-refractivity contribution in [2.24, 2.45) is 0 Å². The van der Waals surface area contributed by atoms with E-state index in [4.69, 9.17) is 4.74 Å². The summed E-state index contributed by atoms with van der Waals surface area (Å²) in [5, 5.41) is 2.83. The second kappa shape index (κ2) is 11.2. The molecule has 1 saturated heterocycles. The Bertz CT molecular complexity index is 905. The first kappa shape index (κ1) is 22.5. The quantitative estimate of drug-likeness (QED) is 0.357. The van der Waals surface area contributed by atoms with Gasteiger partial charge in [0.25, 0.3) is 5.82 Å². The van der Waals surface area contributed by atoms with Crippen LogP contribution in [0.25, 0.3) is 0 Å². The highest BCUT2D eigenvalue weighted by atomic mass is 16.5. The molecule has 0 spiro atoms. The van der Waals surface area contributed by atoms with Crippen LogP contribution in [0.4, 0.5) is 11.5 Å². The van der Waals surface area contributed by atoms with Crippen LogP contribution in [0, 0.1) is 0 Å². The first-order chi connectivity index (χ1) is 15.1. The van der Waals surface area contributed by atoms with Crippen LogP contribution in [-0.4, -0.2) is 37.4 Å². The molecule has 2 heterocycles. The summed E-state index contributed by atoms with van der Waals surface area (Å²) >= 11 is 0. The Morgan fingerprint density at radius 3 is 2.52 bits per heavy atom. The zero-order chi connectivity index (χ0) is 22.1. The molecule has 1 aromatic carbocycles. The number of pyridine rings is 1. The summed E-state index contributed by atoms with van der Waals surface area (Å²) in [5.74, 6) is -0.119. The van der Waals surface area contributed by atoms with Gasteiger partial charge in [-0.05, 0) is 55.7 Å². The lowest BCUT2D eigenvalue weighted by Crippen LogP contribution is -2.29. The number of aromatic amines is 1. The Morgan fingerprint density at radius 1 is 1.06 bits per heavy atom. The molecule has 0 atom stereocenters. The molecule has 0 aliphatic carbocycles. The molecule has 2 aromatic rings. The number of nitrogens with one attached hydrogen (secondary N) is 2. The van der Waals surface area contributed by atoms with Gasteiger partial charge in [-0.25, -0.2) is 9.78 Å². The number of rotatable bonds is 10. The van der Waals surface area contributed by atoms with Crippen molar-refractivity contribution < 1.29 is 24.1 Å². The minimum atomic E-state index is -0.525. The molecule has 7 heteroatoms. The number of carbonyl (C=O) groups is 3. The third-order valence-corrected chi connectivity index (χ3v) is 5.31. The smallest absolute Gasteiger partial charge is 0.346 e. The first-order valence-electron chi connectivity index (χ1n) is 10.9. The number of carbonyl (C=O) groups excluding carboxylic acids is 3. The van der Waals surface area contributed by atoms with Crippen molar-refractivity contribution in [3.8, 4) is 0 Å². The van der Waals surface area contributed by atoms with Gasteiger partial charge in [-0.15, -0.1) is 0 Å². The second-order valence-electron chi connectivity index (χ2n) is 7.71. The summed E-state index contributed by atoms with van der Waals surface area (Å²) in [5.41, 5.74) is 1.50. The number of H-pyrrole nitrogens is 1. The van der Waals surface area contributed by atoms with Crippen LogP contribution in [0.15, 0.2) is 42.6 Å². The van der Waals surface area contributed by atoms with E-state index >= 15 is 0 Å². The predicted molar refractivity (Wildman–Crippen MR) is 118 cm³/mol. The SMILES string of the molecule is CCCCCC(=O)Nc1ccc(C(=O)COC(=O)c2ccc[nH+]c2N2CCCC2)cc1. The molecular weight excluding hydrogens is 394 g/mol. The predicted octanol–water partition coefficient (Wildman–Crippen LogP) is 3.66. The maximum Gasteiger partial charge on any atom is 0.346 e. The van der Waals surface area contributed by atoms with Gasteiger partial charge >= 0.3 is 5.97 Å². The van der Waals surface area contributed by atoms with Crippen LogP contribution in [0.3, 0.4) is 0 Å². The maximum atomic E-state index is 12.6. The lowest BCUT2D eigenvalue weighted by Gasteiger charge is -2.12. The fourth-order valence-electron chi connectivity index (χ4n) is 3.59. The average Bonchev–Trinajstić information content (AvgIpc) is 3.33. The maximum absolute atomic E-state index is 12.6. The second-order valence-corrected chi connectivity index (χ2v) is 7.71. The van der Waals surface area contributed by atoms with Crippen LogP contribution < -0.4 is 15.2 Å². The lowest BCUT2D eigenvalue weighted by molar-refractivity contribution is -0.364. The third-order valence-electron chi connectivity index (χ3n) is 5.31. The van der Waals surface area contributed by atoms with Crippen LogP contribution in [0.5, 0.6) is 0 Å². The molecule has 1 amide bonds. The Hall–Kier alpha value is -3.22. The summed E-state index contributed by atoms with van der Waals surface area (Å²) in [7, 11) is 0. The number of nitrogens with zero attached hydrogens (tertiary/aromatic N) is 1. The normalized spacial score (nSPS) is 13.1. The summed E-state index contributed by atoms with van der Waals surface area (Å²) in [6.07, 6.45) is 7.40. The van der Waals surface area contributed by atoms with Gasteiger partial charge in [0.2, 0.25) is 5.91 Å². The van der Waals surface area contributed by atoms with Gasteiger partial charge in [-0.1, -0.05) is 19.8 Å². The van der Waals surface area contributed by atoms with Gasteiger partial charge in [0.05, 0.1) is 19.3 Å². The van der Waals surface area contributed by atoms with Crippen LogP contribution in [-0.2, 0) is 9.53 Å². The highest BCUT2D eigenvalue weighted by molar-refractivity contribution is 6.01. The number of ether oxygens (including phenoxy) is 1. The minimum Gasteiger partial charge on any atom is -0.453 e. The molecule has 0 bridgehead atoms. The van der Waals surface area contributed by atoms with E-state index in [-0.39, 0.29) is 18.3 Å². The van der Waals surface area contributed by atoms with Crippen molar-refractivity contribution >= 4 is 29.2 Å². The van der Waals surface area contributed by atoms with E-state index in [0.717, 1.165) is 51.0 Å². The van der Waals surface area contributed by atoms with E-state index in [0.29, 0.717) is 23.2 Å². The fraction of sp³-hybridized carbons (Fsp3) is 0.417. The monoisotopic (exact) mass is 424 g/mol. The zero-order valence-corrected chi connectivity index (χ0v) is 18.0.